The summed E-state index contributed by atoms with van der Waals surface area (Å²) in [5.41, 5.74) is 2.04. The summed E-state index contributed by atoms with van der Waals surface area (Å²) in [6, 6.07) is 13.1. The van der Waals surface area contributed by atoms with Gasteiger partial charge < -0.3 is 24.8 Å². The van der Waals surface area contributed by atoms with E-state index in [1.165, 1.54) is 11.8 Å². The van der Waals surface area contributed by atoms with Crippen molar-refractivity contribution in [1.82, 2.24) is 0 Å². The number of benzene rings is 2. The lowest BCUT2D eigenvalue weighted by atomic mass is 9.92. The van der Waals surface area contributed by atoms with E-state index in [0.29, 0.717) is 17.0 Å². The Kier molecular flexibility index (Phi) is 6.68. The Labute approximate surface area is 167 Å². The molecule has 0 saturated carbocycles. The lowest BCUT2D eigenvalue weighted by molar-refractivity contribution is -0.200. The third kappa shape index (κ3) is 4.42. The molecule has 5 nitrogen and oxygen atoms in total. The topological polar surface area (TPSA) is 79.2 Å². The van der Waals surface area contributed by atoms with E-state index in [9.17, 15) is 15.3 Å². The minimum Gasteiger partial charge on any atom is -0.497 e. The van der Waals surface area contributed by atoms with Crippen molar-refractivity contribution >= 4 is 23.4 Å². The van der Waals surface area contributed by atoms with Crippen LogP contribution >= 0.6 is 23.4 Å². The van der Waals surface area contributed by atoms with Gasteiger partial charge in [0.05, 0.1) is 7.11 Å². The van der Waals surface area contributed by atoms with Crippen LogP contribution in [0.25, 0.3) is 0 Å². The summed E-state index contributed by atoms with van der Waals surface area (Å²) in [7, 11) is 1.62. The van der Waals surface area contributed by atoms with Crippen LogP contribution in [-0.4, -0.2) is 52.4 Å². The van der Waals surface area contributed by atoms with Crippen molar-refractivity contribution in [2.24, 2.45) is 0 Å². The second kappa shape index (κ2) is 8.82. The third-order valence-corrected chi connectivity index (χ3v) is 5.98. The third-order valence-electron chi connectivity index (χ3n) is 4.75. The van der Waals surface area contributed by atoms with E-state index in [4.69, 9.17) is 21.1 Å². The zero-order valence-corrected chi connectivity index (χ0v) is 16.7. The quantitative estimate of drug-likeness (QED) is 0.703. The fourth-order valence-electron chi connectivity index (χ4n) is 3.19. The van der Waals surface area contributed by atoms with Crippen LogP contribution in [0.2, 0.25) is 5.02 Å². The Bertz CT molecular complexity index is 767. The first kappa shape index (κ1) is 20.5. The molecule has 5 atom stereocenters. The van der Waals surface area contributed by atoms with E-state index in [1.807, 2.05) is 30.3 Å². The average molecular weight is 411 g/mol. The molecule has 146 valence electrons. The highest BCUT2D eigenvalue weighted by molar-refractivity contribution is 7.99. The molecular formula is C20H23ClO5S. The van der Waals surface area contributed by atoms with E-state index in [-0.39, 0.29) is 0 Å². The predicted octanol–water partition coefficient (Wildman–Crippen LogP) is 2.78. The second-order valence-corrected chi connectivity index (χ2v) is 7.85. The van der Waals surface area contributed by atoms with Crippen LogP contribution in [0.15, 0.2) is 42.5 Å². The van der Waals surface area contributed by atoms with Crippen LogP contribution in [0.5, 0.6) is 5.75 Å². The highest BCUT2D eigenvalue weighted by atomic mass is 35.5. The number of ether oxygens (including phenoxy) is 2. The van der Waals surface area contributed by atoms with Crippen LogP contribution in [0, 0.1) is 0 Å². The normalized spacial score (nSPS) is 28.1. The molecule has 3 rings (SSSR count). The van der Waals surface area contributed by atoms with Crippen LogP contribution in [-0.2, 0) is 11.2 Å². The molecule has 0 radical (unpaired) electrons. The van der Waals surface area contributed by atoms with Gasteiger partial charge in [0.25, 0.3) is 0 Å². The van der Waals surface area contributed by atoms with Crippen LogP contribution in [0.1, 0.15) is 22.8 Å². The van der Waals surface area contributed by atoms with Crippen molar-refractivity contribution in [1.29, 1.82) is 0 Å². The Hall–Kier alpha value is -1.28. The fraction of sp³-hybridized carbons (Fsp3) is 0.400. The van der Waals surface area contributed by atoms with Gasteiger partial charge >= 0.3 is 0 Å². The first-order valence-electron chi connectivity index (χ1n) is 8.58. The molecule has 2 aromatic carbocycles. The molecule has 1 fully saturated rings. The van der Waals surface area contributed by atoms with E-state index in [1.54, 1.807) is 25.5 Å². The van der Waals surface area contributed by atoms with E-state index >= 15 is 0 Å². The summed E-state index contributed by atoms with van der Waals surface area (Å²) in [5.74, 6) is 0.785. The molecule has 3 N–H and O–H groups in total. The monoisotopic (exact) mass is 410 g/mol. The van der Waals surface area contributed by atoms with Gasteiger partial charge in [-0.15, -0.1) is 11.8 Å². The summed E-state index contributed by atoms with van der Waals surface area (Å²) in [6.07, 6.45) is -1.99. The Balaban J connectivity index is 1.85. The molecule has 0 aliphatic carbocycles. The molecule has 27 heavy (non-hydrogen) atoms. The fourth-order valence-corrected chi connectivity index (χ4v) is 4.04. The van der Waals surface area contributed by atoms with Crippen LogP contribution in [0.4, 0.5) is 0 Å². The minimum absolute atomic E-state index is 0.608. The van der Waals surface area contributed by atoms with E-state index in [2.05, 4.69) is 0 Å². The summed E-state index contributed by atoms with van der Waals surface area (Å²) >= 11 is 7.66. The lowest BCUT2D eigenvalue weighted by Crippen LogP contribution is -2.52. The van der Waals surface area contributed by atoms with Gasteiger partial charge in [0.15, 0.2) is 0 Å². The van der Waals surface area contributed by atoms with Crippen LogP contribution in [0.3, 0.4) is 0 Å². The lowest BCUT2D eigenvalue weighted by Gasteiger charge is -2.40. The van der Waals surface area contributed by atoms with Gasteiger partial charge in [-0.25, -0.2) is 0 Å². The van der Waals surface area contributed by atoms with Gasteiger partial charge in [-0.3, -0.25) is 0 Å². The van der Waals surface area contributed by atoms with Gasteiger partial charge in [-0.05, 0) is 47.6 Å². The van der Waals surface area contributed by atoms with Gasteiger partial charge in [0.1, 0.15) is 35.6 Å². The molecule has 2 aromatic rings. The van der Waals surface area contributed by atoms with Gasteiger partial charge in [-0.1, -0.05) is 35.9 Å². The maximum absolute atomic E-state index is 10.4. The minimum atomic E-state index is -1.28. The number of aliphatic hydroxyl groups is 3. The van der Waals surface area contributed by atoms with Crippen molar-refractivity contribution in [3.8, 4) is 5.75 Å². The molecule has 0 unspecified atom stereocenters. The number of rotatable bonds is 5. The average Bonchev–Trinajstić information content (AvgIpc) is 2.69. The van der Waals surface area contributed by atoms with Crippen molar-refractivity contribution in [2.45, 2.75) is 36.3 Å². The van der Waals surface area contributed by atoms with E-state index in [0.717, 1.165) is 16.9 Å². The maximum Gasteiger partial charge on any atom is 0.132 e. The summed E-state index contributed by atoms with van der Waals surface area (Å²) in [6.45, 7) is 0. The Morgan fingerprint density at radius 2 is 1.74 bits per heavy atom. The molecular weight excluding hydrogens is 388 g/mol. The van der Waals surface area contributed by atoms with Gasteiger partial charge in [0, 0.05) is 5.02 Å². The first-order valence-corrected chi connectivity index (χ1v) is 10.2. The van der Waals surface area contributed by atoms with Crippen LogP contribution < -0.4 is 4.74 Å². The summed E-state index contributed by atoms with van der Waals surface area (Å²) in [5, 5.41) is 31.2. The highest BCUT2D eigenvalue weighted by Gasteiger charge is 2.44. The number of aliphatic hydroxyl groups excluding tert-OH is 3. The molecule has 0 amide bonds. The molecule has 0 aromatic heterocycles. The largest absolute Gasteiger partial charge is 0.497 e. The zero-order valence-electron chi connectivity index (χ0n) is 15.1. The molecule has 1 aliphatic rings. The van der Waals surface area contributed by atoms with Crippen molar-refractivity contribution in [3.05, 3.63) is 64.2 Å². The maximum atomic E-state index is 10.4. The number of hydrogen-bond acceptors (Lipinski definition) is 6. The van der Waals surface area contributed by atoms with Crippen molar-refractivity contribution in [3.63, 3.8) is 0 Å². The number of hydrogen-bond donors (Lipinski definition) is 3. The molecule has 1 heterocycles. The molecule has 0 spiro atoms. The number of methoxy groups -OCH3 is 1. The molecule has 0 bridgehead atoms. The highest BCUT2D eigenvalue weighted by Crippen LogP contribution is 2.37. The summed E-state index contributed by atoms with van der Waals surface area (Å²) < 4.78 is 11.0. The number of halogens is 1. The first-order chi connectivity index (χ1) is 12.9. The van der Waals surface area contributed by atoms with Crippen molar-refractivity contribution < 1.29 is 24.8 Å². The van der Waals surface area contributed by atoms with Crippen molar-refractivity contribution in [2.75, 3.05) is 13.4 Å². The SMILES string of the molecule is COc1ccc(Cc2cc([C@H]3O[C@@H](SC)[C@H](O)[C@@H](O)[C@@H]3O)ccc2Cl)cc1. The Morgan fingerprint density at radius 3 is 2.37 bits per heavy atom. The summed E-state index contributed by atoms with van der Waals surface area (Å²) in [4.78, 5) is 0. The van der Waals surface area contributed by atoms with E-state index < -0.39 is 29.9 Å². The van der Waals surface area contributed by atoms with Gasteiger partial charge in [-0.2, -0.15) is 0 Å². The molecule has 7 heteroatoms. The standard InChI is InChI=1S/C20H23ClO5S/c1-25-14-6-3-11(4-7-14)9-13-10-12(5-8-15(13)21)19-17(23)16(22)18(24)20(26-19)27-2/h3-8,10,16-20,22-24H,9H2,1-2H3/t16-,17-,18+,19+,20-/m0/s1. The molecule has 1 saturated heterocycles. The smallest absolute Gasteiger partial charge is 0.132 e. The number of thioether (sulfide) groups is 1. The predicted molar refractivity (Wildman–Crippen MR) is 106 cm³/mol. The molecule has 1 aliphatic heterocycles. The second-order valence-electron chi connectivity index (χ2n) is 6.51. The van der Waals surface area contributed by atoms with Gasteiger partial charge in [0.2, 0.25) is 0 Å². The Morgan fingerprint density at radius 1 is 1.04 bits per heavy atom. The zero-order chi connectivity index (χ0) is 19.6.